The van der Waals surface area contributed by atoms with Gasteiger partial charge >= 0.3 is 0 Å². The van der Waals surface area contributed by atoms with Crippen LogP contribution in [0.2, 0.25) is 0 Å². The van der Waals surface area contributed by atoms with Crippen LogP contribution >= 0.6 is 12.4 Å². The van der Waals surface area contributed by atoms with E-state index < -0.39 is 0 Å². The molecule has 0 aliphatic carbocycles. The second-order valence-corrected chi connectivity index (χ2v) is 5.76. The summed E-state index contributed by atoms with van der Waals surface area (Å²) in [7, 11) is 0. The van der Waals surface area contributed by atoms with Gasteiger partial charge in [-0.1, -0.05) is 19.1 Å². The minimum absolute atomic E-state index is 0. The first kappa shape index (κ1) is 17.9. The van der Waals surface area contributed by atoms with Crippen molar-refractivity contribution in [3.8, 4) is 0 Å². The molecule has 1 aliphatic heterocycles. The fourth-order valence-electron chi connectivity index (χ4n) is 2.96. The molecule has 0 radical (unpaired) electrons. The first-order chi connectivity index (χ1) is 9.60. The molecule has 2 N–H and O–H groups in total. The number of nitrogens with zero attached hydrogens (tertiary/aromatic N) is 1. The average molecular weight is 315 g/mol. The number of carbonyl (C=O) groups excluding carboxylic acids is 1. The van der Waals surface area contributed by atoms with Crippen molar-refractivity contribution in [3.63, 3.8) is 0 Å². The second-order valence-electron chi connectivity index (χ2n) is 5.76. The molecule has 0 saturated carbocycles. The molecule has 2 atom stereocenters. The Bertz CT molecular complexity index is 469. The van der Waals surface area contributed by atoms with Crippen molar-refractivity contribution >= 4 is 18.3 Å². The first-order valence-electron chi connectivity index (χ1n) is 7.34. The highest BCUT2D eigenvalue weighted by molar-refractivity contribution is 5.85. The van der Waals surface area contributed by atoms with E-state index in [1.165, 1.54) is 6.07 Å². The molecule has 0 spiro atoms. The molecule has 3 nitrogen and oxygen atoms in total. The van der Waals surface area contributed by atoms with E-state index in [9.17, 15) is 9.18 Å². The van der Waals surface area contributed by atoms with Crippen LogP contribution in [0.3, 0.4) is 0 Å². The number of likely N-dealkylation sites (tertiary alicyclic amines) is 1. The molecule has 1 aliphatic rings. The molecular formula is C16H24ClFN2O. The van der Waals surface area contributed by atoms with E-state index in [1.54, 1.807) is 12.1 Å². The van der Waals surface area contributed by atoms with Gasteiger partial charge < -0.3 is 10.6 Å². The highest BCUT2D eigenvalue weighted by atomic mass is 35.5. The van der Waals surface area contributed by atoms with E-state index in [0.29, 0.717) is 13.0 Å². The zero-order valence-electron chi connectivity index (χ0n) is 12.4. The van der Waals surface area contributed by atoms with Crippen molar-refractivity contribution in [1.82, 2.24) is 4.90 Å². The third-order valence-electron chi connectivity index (χ3n) is 3.97. The molecule has 1 amide bonds. The number of rotatable bonds is 5. The normalized spacial score (nSPS) is 19.2. The second kappa shape index (κ2) is 8.35. The molecule has 2 unspecified atom stereocenters. The van der Waals surface area contributed by atoms with Crippen molar-refractivity contribution in [2.24, 2.45) is 11.7 Å². The van der Waals surface area contributed by atoms with Crippen LogP contribution in [0, 0.1) is 11.7 Å². The molecule has 1 saturated heterocycles. The number of benzene rings is 1. The Morgan fingerprint density at radius 2 is 2.29 bits per heavy atom. The van der Waals surface area contributed by atoms with E-state index in [1.807, 2.05) is 17.9 Å². The van der Waals surface area contributed by atoms with Gasteiger partial charge in [-0.15, -0.1) is 12.4 Å². The van der Waals surface area contributed by atoms with Crippen LogP contribution in [0.5, 0.6) is 0 Å². The van der Waals surface area contributed by atoms with Gasteiger partial charge in [0.05, 0.1) is 0 Å². The van der Waals surface area contributed by atoms with Crippen molar-refractivity contribution < 1.29 is 9.18 Å². The van der Waals surface area contributed by atoms with E-state index in [-0.39, 0.29) is 36.1 Å². The predicted molar refractivity (Wildman–Crippen MR) is 84.9 cm³/mol. The van der Waals surface area contributed by atoms with Gasteiger partial charge in [-0.3, -0.25) is 4.79 Å². The summed E-state index contributed by atoms with van der Waals surface area (Å²) < 4.78 is 13.1. The van der Waals surface area contributed by atoms with E-state index in [2.05, 4.69) is 0 Å². The number of carbonyl (C=O) groups is 1. The maximum Gasteiger partial charge on any atom is 0.223 e. The molecule has 1 heterocycles. The third-order valence-corrected chi connectivity index (χ3v) is 3.97. The predicted octanol–water partition coefficient (Wildman–Crippen LogP) is 2.77. The third kappa shape index (κ3) is 4.97. The summed E-state index contributed by atoms with van der Waals surface area (Å²) in [5.41, 5.74) is 6.64. The monoisotopic (exact) mass is 314 g/mol. The molecule has 1 aromatic rings. The average Bonchev–Trinajstić information content (AvgIpc) is 2.86. The number of hydrogen-bond acceptors (Lipinski definition) is 2. The van der Waals surface area contributed by atoms with Gasteiger partial charge in [-0.2, -0.15) is 0 Å². The number of nitrogens with two attached hydrogens (primary N) is 1. The van der Waals surface area contributed by atoms with Crippen molar-refractivity contribution in [2.45, 2.75) is 38.6 Å². The molecule has 21 heavy (non-hydrogen) atoms. The lowest BCUT2D eigenvalue weighted by Crippen LogP contribution is -2.40. The first-order valence-corrected chi connectivity index (χ1v) is 7.34. The molecular weight excluding hydrogens is 291 g/mol. The quantitative estimate of drug-likeness (QED) is 0.908. The Morgan fingerprint density at radius 1 is 1.52 bits per heavy atom. The maximum absolute atomic E-state index is 13.1. The van der Waals surface area contributed by atoms with Crippen molar-refractivity contribution in [3.05, 3.63) is 35.6 Å². The fraction of sp³-hybridized carbons (Fsp3) is 0.562. The molecule has 1 fully saturated rings. The van der Waals surface area contributed by atoms with Crippen molar-refractivity contribution in [2.75, 3.05) is 13.1 Å². The van der Waals surface area contributed by atoms with E-state index >= 15 is 0 Å². The summed E-state index contributed by atoms with van der Waals surface area (Å²) in [4.78, 5) is 14.2. The Balaban J connectivity index is 0.00000220. The Kier molecular flexibility index (Phi) is 7.12. The highest BCUT2D eigenvalue weighted by Crippen LogP contribution is 2.20. The van der Waals surface area contributed by atoms with Gasteiger partial charge in [-0.25, -0.2) is 4.39 Å². The van der Waals surface area contributed by atoms with Gasteiger partial charge in [0, 0.05) is 25.6 Å². The van der Waals surface area contributed by atoms with Crippen LogP contribution < -0.4 is 5.73 Å². The Labute approximate surface area is 132 Å². The Morgan fingerprint density at radius 3 is 2.95 bits per heavy atom. The lowest BCUT2D eigenvalue weighted by molar-refractivity contribution is -0.132. The number of amides is 1. The molecule has 1 aromatic carbocycles. The van der Waals surface area contributed by atoms with Crippen LogP contribution in [-0.4, -0.2) is 29.9 Å². The zero-order valence-corrected chi connectivity index (χ0v) is 13.2. The molecule has 5 heteroatoms. The van der Waals surface area contributed by atoms with Gasteiger partial charge in [-0.05, 0) is 42.9 Å². The smallest absolute Gasteiger partial charge is 0.223 e. The summed E-state index contributed by atoms with van der Waals surface area (Å²) in [5.74, 6) is 0.175. The number of halogens is 2. The van der Waals surface area contributed by atoms with Gasteiger partial charge in [0.15, 0.2) is 0 Å². The standard InChI is InChI=1S/C16H23FN2O.ClH/c1-12(8-13-4-2-5-14(17)10-13)9-16(20)19-7-3-6-15(19)11-18;/h2,4-5,10,12,15H,3,6-9,11,18H2,1H3;1H. The summed E-state index contributed by atoms with van der Waals surface area (Å²) >= 11 is 0. The van der Waals surface area contributed by atoms with Gasteiger partial charge in [0.25, 0.3) is 0 Å². The summed E-state index contributed by atoms with van der Waals surface area (Å²) in [5, 5.41) is 0. The zero-order chi connectivity index (χ0) is 14.5. The van der Waals surface area contributed by atoms with Gasteiger partial charge in [0.2, 0.25) is 5.91 Å². The lowest BCUT2D eigenvalue weighted by atomic mass is 9.97. The minimum Gasteiger partial charge on any atom is -0.338 e. The SMILES string of the molecule is CC(CC(=O)N1CCCC1CN)Cc1cccc(F)c1.Cl. The molecule has 0 aromatic heterocycles. The van der Waals surface area contributed by atoms with Crippen molar-refractivity contribution in [1.29, 1.82) is 0 Å². The lowest BCUT2D eigenvalue weighted by Gasteiger charge is -2.25. The van der Waals surface area contributed by atoms with Crippen LogP contribution in [0.25, 0.3) is 0 Å². The molecule has 0 bridgehead atoms. The van der Waals surface area contributed by atoms with E-state index in [0.717, 1.165) is 31.4 Å². The van der Waals surface area contributed by atoms with E-state index in [4.69, 9.17) is 5.73 Å². The van der Waals surface area contributed by atoms with Crippen LogP contribution in [0.4, 0.5) is 4.39 Å². The van der Waals surface area contributed by atoms with Crippen LogP contribution in [0.1, 0.15) is 31.7 Å². The maximum atomic E-state index is 13.1. The molecule has 2 rings (SSSR count). The minimum atomic E-state index is -0.219. The fourth-order valence-corrected chi connectivity index (χ4v) is 2.96. The van der Waals surface area contributed by atoms with Crippen LogP contribution in [-0.2, 0) is 11.2 Å². The summed E-state index contributed by atoms with van der Waals surface area (Å²) in [6, 6.07) is 6.81. The topological polar surface area (TPSA) is 46.3 Å². The van der Waals surface area contributed by atoms with Gasteiger partial charge in [0.1, 0.15) is 5.82 Å². The highest BCUT2D eigenvalue weighted by Gasteiger charge is 2.28. The summed E-state index contributed by atoms with van der Waals surface area (Å²) in [6.07, 6.45) is 3.30. The largest absolute Gasteiger partial charge is 0.338 e. The Hall–Kier alpha value is -1.13. The number of hydrogen-bond donors (Lipinski definition) is 1. The van der Waals surface area contributed by atoms with Crippen LogP contribution in [0.15, 0.2) is 24.3 Å². The summed E-state index contributed by atoms with van der Waals surface area (Å²) in [6.45, 7) is 3.41. The molecule has 118 valence electrons.